The van der Waals surface area contributed by atoms with E-state index in [-0.39, 0.29) is 0 Å². The molecule has 0 spiro atoms. The van der Waals surface area contributed by atoms with E-state index in [1.165, 1.54) is 0 Å². The standard InChI is InChI=1S/C5H12NO3P/c7-10(8)9-4-5-2-1-3-6-5/h5-8H,1-4H2. The second-order valence-electron chi connectivity index (χ2n) is 2.34. The molecule has 10 heavy (non-hydrogen) atoms. The monoisotopic (exact) mass is 165 g/mol. The Bertz CT molecular complexity index is 94.9. The molecular weight excluding hydrogens is 153 g/mol. The molecule has 0 bridgehead atoms. The molecular formula is C5H12NO3P. The van der Waals surface area contributed by atoms with Gasteiger partial charge in [0.25, 0.3) is 0 Å². The molecule has 1 aliphatic rings. The van der Waals surface area contributed by atoms with Crippen molar-refractivity contribution in [2.75, 3.05) is 13.2 Å². The van der Waals surface area contributed by atoms with Crippen LogP contribution in [0.5, 0.6) is 0 Å². The van der Waals surface area contributed by atoms with Gasteiger partial charge in [-0.2, -0.15) is 0 Å². The minimum absolute atomic E-state index is 0.323. The maximum Gasteiger partial charge on any atom is 0.327 e. The number of nitrogens with one attached hydrogen (secondary N) is 1. The largest absolute Gasteiger partial charge is 0.328 e. The summed E-state index contributed by atoms with van der Waals surface area (Å²) >= 11 is 0. The van der Waals surface area contributed by atoms with Gasteiger partial charge in [-0.15, -0.1) is 0 Å². The molecule has 3 N–H and O–H groups in total. The van der Waals surface area contributed by atoms with E-state index in [1.54, 1.807) is 0 Å². The van der Waals surface area contributed by atoms with Crippen LogP contribution < -0.4 is 5.32 Å². The lowest BCUT2D eigenvalue weighted by molar-refractivity contribution is 0.231. The molecule has 1 aliphatic heterocycles. The van der Waals surface area contributed by atoms with Crippen LogP contribution in [-0.2, 0) is 4.52 Å². The van der Waals surface area contributed by atoms with Gasteiger partial charge in [0.15, 0.2) is 0 Å². The van der Waals surface area contributed by atoms with Gasteiger partial charge in [-0.1, -0.05) is 0 Å². The Morgan fingerprint density at radius 2 is 2.40 bits per heavy atom. The lowest BCUT2D eigenvalue weighted by atomic mass is 10.2. The molecule has 0 aromatic heterocycles. The summed E-state index contributed by atoms with van der Waals surface area (Å²) in [5.41, 5.74) is 0. The average Bonchev–Trinajstić information content (AvgIpc) is 2.34. The van der Waals surface area contributed by atoms with Gasteiger partial charge in [-0.3, -0.25) is 0 Å². The van der Waals surface area contributed by atoms with E-state index < -0.39 is 8.60 Å². The molecule has 0 saturated carbocycles. The van der Waals surface area contributed by atoms with E-state index in [9.17, 15) is 0 Å². The Morgan fingerprint density at radius 3 is 2.90 bits per heavy atom. The highest BCUT2D eigenvalue weighted by Crippen LogP contribution is 2.25. The molecule has 1 fully saturated rings. The van der Waals surface area contributed by atoms with Crippen LogP contribution in [-0.4, -0.2) is 29.0 Å². The van der Waals surface area contributed by atoms with Gasteiger partial charge in [-0.25, -0.2) is 0 Å². The van der Waals surface area contributed by atoms with Gasteiger partial charge in [-0.05, 0) is 19.4 Å². The Kier molecular flexibility index (Phi) is 3.52. The highest BCUT2D eigenvalue weighted by atomic mass is 31.2. The molecule has 1 heterocycles. The average molecular weight is 165 g/mol. The Morgan fingerprint density at radius 1 is 1.60 bits per heavy atom. The van der Waals surface area contributed by atoms with E-state index in [0.717, 1.165) is 19.4 Å². The van der Waals surface area contributed by atoms with Gasteiger partial charge in [0.05, 0.1) is 6.61 Å². The molecule has 0 aromatic carbocycles. The number of hydrogen-bond donors (Lipinski definition) is 3. The molecule has 0 radical (unpaired) electrons. The zero-order valence-electron chi connectivity index (χ0n) is 5.66. The molecule has 5 heteroatoms. The predicted molar refractivity (Wildman–Crippen MR) is 38.3 cm³/mol. The summed E-state index contributed by atoms with van der Waals surface area (Å²) in [7, 11) is -2.16. The van der Waals surface area contributed by atoms with Gasteiger partial charge in [0, 0.05) is 6.04 Å². The zero-order chi connectivity index (χ0) is 7.40. The summed E-state index contributed by atoms with van der Waals surface area (Å²) in [5, 5.41) is 3.18. The summed E-state index contributed by atoms with van der Waals surface area (Å²) in [5.74, 6) is 0. The van der Waals surface area contributed by atoms with Crippen LogP contribution in [0.1, 0.15) is 12.8 Å². The van der Waals surface area contributed by atoms with Gasteiger partial charge in [0.2, 0.25) is 0 Å². The Balaban J connectivity index is 2.01. The lowest BCUT2D eigenvalue weighted by Gasteiger charge is -2.09. The Labute approximate surface area is 61.2 Å². The molecule has 4 nitrogen and oxygen atoms in total. The zero-order valence-corrected chi connectivity index (χ0v) is 6.55. The van der Waals surface area contributed by atoms with E-state index >= 15 is 0 Å². The number of hydrogen-bond acceptors (Lipinski definition) is 4. The molecule has 60 valence electrons. The van der Waals surface area contributed by atoms with Crippen molar-refractivity contribution in [3.8, 4) is 0 Å². The molecule has 1 atom stereocenters. The van der Waals surface area contributed by atoms with E-state index in [0.29, 0.717) is 12.6 Å². The predicted octanol–water partition coefficient (Wildman–Crippen LogP) is -0.0335. The normalized spacial score (nSPS) is 26.1. The smallest absolute Gasteiger partial charge is 0.327 e. The van der Waals surface area contributed by atoms with Crippen molar-refractivity contribution >= 4 is 8.60 Å². The fraction of sp³-hybridized carbons (Fsp3) is 1.00. The van der Waals surface area contributed by atoms with Gasteiger partial charge >= 0.3 is 8.60 Å². The topological polar surface area (TPSA) is 61.7 Å². The number of rotatable bonds is 3. The summed E-state index contributed by atoms with van der Waals surface area (Å²) < 4.78 is 4.64. The quantitative estimate of drug-likeness (QED) is 0.514. The van der Waals surface area contributed by atoms with Crippen LogP contribution >= 0.6 is 8.60 Å². The van der Waals surface area contributed by atoms with Crippen LogP contribution in [0.2, 0.25) is 0 Å². The third-order valence-corrected chi connectivity index (χ3v) is 1.93. The molecule has 0 amide bonds. The SMILES string of the molecule is OP(O)OCC1CCCN1. The minimum atomic E-state index is -2.16. The first kappa shape index (κ1) is 8.37. The van der Waals surface area contributed by atoms with Crippen molar-refractivity contribution in [1.29, 1.82) is 0 Å². The second kappa shape index (κ2) is 4.21. The fourth-order valence-corrected chi connectivity index (χ4v) is 1.37. The molecule has 0 aromatic rings. The van der Waals surface area contributed by atoms with Gasteiger partial charge < -0.3 is 19.6 Å². The van der Waals surface area contributed by atoms with Crippen LogP contribution in [0.3, 0.4) is 0 Å². The van der Waals surface area contributed by atoms with Crippen LogP contribution in [0.4, 0.5) is 0 Å². The molecule has 1 saturated heterocycles. The highest BCUT2D eigenvalue weighted by molar-refractivity contribution is 7.39. The maximum atomic E-state index is 8.38. The summed E-state index contributed by atoms with van der Waals surface area (Å²) in [6.45, 7) is 1.43. The van der Waals surface area contributed by atoms with Crippen molar-refractivity contribution in [2.24, 2.45) is 0 Å². The van der Waals surface area contributed by atoms with Gasteiger partial charge in [0.1, 0.15) is 0 Å². The van der Waals surface area contributed by atoms with Crippen molar-refractivity contribution in [3.63, 3.8) is 0 Å². The summed E-state index contributed by atoms with van der Waals surface area (Å²) in [4.78, 5) is 16.8. The van der Waals surface area contributed by atoms with Crippen LogP contribution in [0.15, 0.2) is 0 Å². The van der Waals surface area contributed by atoms with Crippen molar-refractivity contribution in [2.45, 2.75) is 18.9 Å². The lowest BCUT2D eigenvalue weighted by Crippen LogP contribution is -2.25. The molecule has 1 rings (SSSR count). The first-order chi connectivity index (χ1) is 4.79. The molecule has 1 unspecified atom stereocenters. The molecule has 0 aliphatic carbocycles. The third-order valence-electron chi connectivity index (χ3n) is 1.55. The van der Waals surface area contributed by atoms with Crippen LogP contribution in [0, 0.1) is 0 Å². The van der Waals surface area contributed by atoms with E-state index in [1.807, 2.05) is 0 Å². The fourth-order valence-electron chi connectivity index (χ4n) is 1.06. The van der Waals surface area contributed by atoms with Crippen molar-refractivity contribution < 1.29 is 14.3 Å². The van der Waals surface area contributed by atoms with Crippen LogP contribution in [0.25, 0.3) is 0 Å². The first-order valence-corrected chi connectivity index (χ1v) is 4.50. The third kappa shape index (κ3) is 2.90. The minimum Gasteiger partial charge on any atom is -0.328 e. The van der Waals surface area contributed by atoms with Crippen molar-refractivity contribution in [3.05, 3.63) is 0 Å². The second-order valence-corrected chi connectivity index (χ2v) is 3.11. The maximum absolute atomic E-state index is 8.38. The summed E-state index contributed by atoms with van der Waals surface area (Å²) in [6, 6.07) is 0.323. The van der Waals surface area contributed by atoms with E-state index in [4.69, 9.17) is 9.79 Å². The highest BCUT2D eigenvalue weighted by Gasteiger charge is 2.15. The Hall–Kier alpha value is 0.270. The van der Waals surface area contributed by atoms with E-state index in [2.05, 4.69) is 9.84 Å². The summed E-state index contributed by atoms with van der Waals surface area (Å²) in [6.07, 6.45) is 2.23. The van der Waals surface area contributed by atoms with Crippen molar-refractivity contribution in [1.82, 2.24) is 5.32 Å². The first-order valence-electron chi connectivity index (χ1n) is 3.33.